The van der Waals surface area contributed by atoms with Crippen LogP contribution in [0, 0.1) is 0 Å². The third kappa shape index (κ3) is 1.98. The highest BCUT2D eigenvalue weighted by molar-refractivity contribution is 5.72. The van der Waals surface area contributed by atoms with E-state index in [1.807, 2.05) is 0 Å². The topological polar surface area (TPSA) is 66.4 Å². The van der Waals surface area contributed by atoms with Crippen molar-refractivity contribution in [3.63, 3.8) is 0 Å². The smallest absolute Gasteiger partial charge is 0.211 e. The first-order valence-corrected chi connectivity index (χ1v) is 4.79. The molecule has 0 aliphatic heterocycles. The van der Waals surface area contributed by atoms with E-state index in [1.54, 1.807) is 0 Å². The van der Waals surface area contributed by atoms with Crippen molar-refractivity contribution in [2.75, 3.05) is 35.5 Å². The van der Waals surface area contributed by atoms with Crippen LogP contribution >= 0.6 is 0 Å². The Bertz CT molecular complexity index is 368. The first-order chi connectivity index (χ1) is 8.15. The minimum Gasteiger partial charge on any atom is -0.501 e. The van der Waals surface area contributed by atoms with Crippen molar-refractivity contribution in [2.45, 2.75) is 0 Å². The molecule has 0 saturated carbocycles. The highest BCUT2D eigenvalue weighted by Gasteiger charge is 2.28. The molecule has 0 heterocycles. The highest BCUT2D eigenvalue weighted by Crippen LogP contribution is 2.56. The van der Waals surface area contributed by atoms with E-state index in [0.717, 1.165) is 0 Å². The van der Waals surface area contributed by atoms with Crippen LogP contribution in [0.5, 0.6) is 34.5 Å². The number of benzene rings is 1. The average Bonchev–Trinajstić information content (AvgIpc) is 2.36. The fourth-order valence-electron chi connectivity index (χ4n) is 1.56. The molecule has 17 heavy (non-hydrogen) atoms. The monoisotopic (exact) mass is 244 g/mol. The predicted molar refractivity (Wildman–Crippen MR) is 60.9 cm³/mol. The molecular weight excluding hydrogens is 228 g/mol. The van der Waals surface area contributed by atoms with E-state index in [9.17, 15) is 5.11 Å². The van der Waals surface area contributed by atoms with E-state index in [0.29, 0.717) is 5.75 Å². The zero-order valence-corrected chi connectivity index (χ0v) is 10.5. The number of phenolic OH excluding ortho intramolecular Hbond substituents is 1. The van der Waals surface area contributed by atoms with Crippen LogP contribution in [0.3, 0.4) is 0 Å². The third-order valence-electron chi connectivity index (χ3n) is 2.28. The van der Waals surface area contributed by atoms with Gasteiger partial charge in [0.15, 0.2) is 0 Å². The van der Waals surface area contributed by atoms with Gasteiger partial charge in [-0.05, 0) is 0 Å². The fourth-order valence-corrected chi connectivity index (χ4v) is 1.56. The van der Waals surface area contributed by atoms with E-state index in [-0.39, 0.29) is 28.7 Å². The third-order valence-corrected chi connectivity index (χ3v) is 2.28. The number of phenols is 1. The van der Waals surface area contributed by atoms with Gasteiger partial charge in [0.2, 0.25) is 34.5 Å². The summed E-state index contributed by atoms with van der Waals surface area (Å²) in [4.78, 5) is 0. The molecule has 0 aromatic heterocycles. The van der Waals surface area contributed by atoms with E-state index in [2.05, 4.69) is 0 Å². The Hall–Kier alpha value is -1.98. The lowest BCUT2D eigenvalue weighted by molar-refractivity contribution is 0.273. The molecule has 0 aliphatic carbocycles. The maximum Gasteiger partial charge on any atom is 0.211 e. The zero-order valence-electron chi connectivity index (χ0n) is 10.5. The van der Waals surface area contributed by atoms with Gasteiger partial charge in [0.05, 0.1) is 35.5 Å². The SMILES string of the molecule is COc1c(O)c(OC)c(OC)c(OC)c1OC. The van der Waals surface area contributed by atoms with Crippen molar-refractivity contribution < 1.29 is 28.8 Å². The largest absolute Gasteiger partial charge is 0.501 e. The second kappa shape index (κ2) is 5.38. The minimum absolute atomic E-state index is 0.127. The van der Waals surface area contributed by atoms with E-state index < -0.39 is 0 Å². The molecule has 0 spiro atoms. The van der Waals surface area contributed by atoms with Gasteiger partial charge in [-0.2, -0.15) is 0 Å². The molecule has 0 aliphatic rings. The van der Waals surface area contributed by atoms with Crippen LogP contribution in [-0.4, -0.2) is 40.7 Å². The van der Waals surface area contributed by atoms with E-state index in [1.165, 1.54) is 35.5 Å². The summed E-state index contributed by atoms with van der Waals surface area (Å²) in [5, 5.41) is 9.97. The Balaban J connectivity index is 3.66. The van der Waals surface area contributed by atoms with Crippen LogP contribution in [0.25, 0.3) is 0 Å². The van der Waals surface area contributed by atoms with E-state index in [4.69, 9.17) is 23.7 Å². The number of hydrogen-bond donors (Lipinski definition) is 1. The van der Waals surface area contributed by atoms with Gasteiger partial charge < -0.3 is 28.8 Å². The van der Waals surface area contributed by atoms with Gasteiger partial charge in [-0.1, -0.05) is 0 Å². The summed E-state index contributed by atoms with van der Waals surface area (Å²) in [6.45, 7) is 0. The molecule has 0 radical (unpaired) electrons. The first-order valence-electron chi connectivity index (χ1n) is 4.79. The van der Waals surface area contributed by atoms with Crippen LogP contribution < -0.4 is 23.7 Å². The summed E-state index contributed by atoms with van der Waals surface area (Å²) < 4.78 is 25.6. The van der Waals surface area contributed by atoms with Gasteiger partial charge in [-0.25, -0.2) is 0 Å². The van der Waals surface area contributed by atoms with Crippen molar-refractivity contribution in [2.24, 2.45) is 0 Å². The quantitative estimate of drug-likeness (QED) is 0.845. The molecule has 1 aromatic carbocycles. The zero-order chi connectivity index (χ0) is 13.0. The van der Waals surface area contributed by atoms with Crippen LogP contribution in [-0.2, 0) is 0 Å². The molecule has 0 fully saturated rings. The maximum atomic E-state index is 9.97. The lowest BCUT2D eigenvalue weighted by atomic mass is 10.2. The predicted octanol–water partition coefficient (Wildman–Crippen LogP) is 1.44. The van der Waals surface area contributed by atoms with Gasteiger partial charge in [-0.15, -0.1) is 0 Å². The van der Waals surface area contributed by atoms with Crippen molar-refractivity contribution in [1.29, 1.82) is 0 Å². The lowest BCUT2D eigenvalue weighted by Gasteiger charge is -2.19. The molecule has 6 heteroatoms. The summed E-state index contributed by atoms with van der Waals surface area (Å²) in [6, 6.07) is 0. The molecular formula is C11H16O6. The van der Waals surface area contributed by atoms with Gasteiger partial charge in [0.1, 0.15) is 0 Å². The van der Waals surface area contributed by atoms with Gasteiger partial charge in [0.25, 0.3) is 0 Å². The van der Waals surface area contributed by atoms with Crippen molar-refractivity contribution >= 4 is 0 Å². The number of methoxy groups -OCH3 is 5. The van der Waals surface area contributed by atoms with Gasteiger partial charge in [-0.3, -0.25) is 0 Å². The molecule has 0 unspecified atom stereocenters. The Labute approximate surface area is 99.6 Å². The molecule has 1 aromatic rings. The number of ether oxygens (including phenoxy) is 5. The fraction of sp³-hybridized carbons (Fsp3) is 0.455. The van der Waals surface area contributed by atoms with Crippen LogP contribution in [0.15, 0.2) is 0 Å². The molecule has 0 bridgehead atoms. The summed E-state index contributed by atoms with van der Waals surface area (Å²) in [6.07, 6.45) is 0. The number of hydrogen-bond acceptors (Lipinski definition) is 6. The van der Waals surface area contributed by atoms with Crippen LogP contribution in [0.4, 0.5) is 0 Å². The molecule has 0 saturated heterocycles. The van der Waals surface area contributed by atoms with Crippen LogP contribution in [0.1, 0.15) is 0 Å². The Morgan fingerprint density at radius 1 is 0.529 bits per heavy atom. The van der Waals surface area contributed by atoms with Crippen molar-refractivity contribution in [3.05, 3.63) is 0 Å². The molecule has 1 N–H and O–H groups in total. The first kappa shape index (κ1) is 13.1. The average molecular weight is 244 g/mol. The normalized spacial score (nSPS) is 9.71. The molecule has 0 atom stereocenters. The van der Waals surface area contributed by atoms with Crippen LogP contribution in [0.2, 0.25) is 0 Å². The summed E-state index contributed by atoms with van der Waals surface area (Å²) in [5.41, 5.74) is 0. The Kier molecular flexibility index (Phi) is 4.14. The second-order valence-electron chi connectivity index (χ2n) is 3.01. The van der Waals surface area contributed by atoms with Crippen molar-refractivity contribution in [3.8, 4) is 34.5 Å². The molecule has 6 nitrogen and oxygen atoms in total. The number of rotatable bonds is 5. The minimum atomic E-state index is -0.204. The summed E-state index contributed by atoms with van der Waals surface area (Å²) in [5.74, 6) is 0.824. The standard InChI is InChI=1S/C11H16O6/c1-13-7-6(12)8(14-2)10(16-4)11(17-5)9(7)15-3/h12H,1-5H3. The Morgan fingerprint density at radius 3 is 1.00 bits per heavy atom. The molecule has 96 valence electrons. The highest BCUT2D eigenvalue weighted by atomic mass is 16.6. The maximum absolute atomic E-state index is 9.97. The van der Waals surface area contributed by atoms with Gasteiger partial charge in [0, 0.05) is 0 Å². The van der Waals surface area contributed by atoms with Gasteiger partial charge >= 0.3 is 0 Å². The molecule has 0 amide bonds. The second-order valence-corrected chi connectivity index (χ2v) is 3.01. The van der Waals surface area contributed by atoms with E-state index >= 15 is 0 Å². The summed E-state index contributed by atoms with van der Waals surface area (Å²) in [7, 11) is 7.14. The number of aromatic hydroxyl groups is 1. The Morgan fingerprint density at radius 2 is 0.765 bits per heavy atom. The lowest BCUT2D eigenvalue weighted by Crippen LogP contribution is -2.01. The van der Waals surface area contributed by atoms with Crippen molar-refractivity contribution in [1.82, 2.24) is 0 Å². The summed E-state index contributed by atoms with van der Waals surface area (Å²) >= 11 is 0. The molecule has 1 rings (SSSR count).